The van der Waals surface area contributed by atoms with E-state index in [1.54, 1.807) is 36.4 Å². The van der Waals surface area contributed by atoms with Gasteiger partial charge in [0.2, 0.25) is 0 Å². The highest BCUT2D eigenvalue weighted by Crippen LogP contribution is 2.34. The highest BCUT2D eigenvalue weighted by Gasteiger charge is 2.13. The van der Waals surface area contributed by atoms with Crippen LogP contribution in [0.5, 0.6) is 11.5 Å². The fourth-order valence-corrected chi connectivity index (χ4v) is 3.47. The van der Waals surface area contributed by atoms with Crippen molar-refractivity contribution in [2.75, 3.05) is 7.11 Å². The van der Waals surface area contributed by atoms with E-state index in [-0.39, 0.29) is 24.7 Å². The summed E-state index contributed by atoms with van der Waals surface area (Å²) in [5.41, 5.74) is 1.78. The fourth-order valence-electron chi connectivity index (χ4n) is 2.69. The Hall–Kier alpha value is -3.21. The van der Waals surface area contributed by atoms with Crippen LogP contribution in [-0.2, 0) is 18.1 Å². The molecule has 0 unspecified atom stereocenters. The predicted octanol–water partition coefficient (Wildman–Crippen LogP) is 5.48. The van der Waals surface area contributed by atoms with Crippen molar-refractivity contribution in [3.63, 3.8) is 0 Å². The van der Waals surface area contributed by atoms with Crippen LogP contribution in [-0.4, -0.2) is 18.2 Å². The van der Waals surface area contributed by atoms with Gasteiger partial charge in [-0.3, -0.25) is 10.1 Å². The van der Waals surface area contributed by atoms with Crippen LogP contribution in [0.1, 0.15) is 16.7 Å². The van der Waals surface area contributed by atoms with Gasteiger partial charge in [-0.1, -0.05) is 35.5 Å². The maximum absolute atomic E-state index is 13.8. The zero-order valence-electron chi connectivity index (χ0n) is 16.5. The maximum Gasteiger partial charge on any atom is 0.269 e. The summed E-state index contributed by atoms with van der Waals surface area (Å²) in [4.78, 5) is 15.6. The van der Waals surface area contributed by atoms with E-state index < -0.39 is 4.92 Å². The lowest BCUT2D eigenvalue weighted by Crippen LogP contribution is -2.02. The summed E-state index contributed by atoms with van der Waals surface area (Å²) >= 11 is 2.10. The SMILES string of the molecule is COc1cc(/C=N\OCc2cccc([N+](=O)[O-])c2)cc(I)c1OCc1ccccc1F. The molecule has 0 saturated heterocycles. The molecule has 3 aromatic rings. The number of nitrogens with zero attached hydrogens (tertiary/aromatic N) is 2. The third-order valence-corrected chi connectivity index (χ3v) is 5.01. The number of hydrogen-bond acceptors (Lipinski definition) is 6. The minimum atomic E-state index is -0.462. The first-order valence-corrected chi connectivity index (χ1v) is 10.2. The number of nitro groups is 1. The molecule has 0 atom stereocenters. The monoisotopic (exact) mass is 536 g/mol. The molecule has 0 aliphatic carbocycles. The number of halogens is 2. The number of hydrogen-bond donors (Lipinski definition) is 0. The molecule has 0 bridgehead atoms. The van der Waals surface area contributed by atoms with Gasteiger partial charge in [0.1, 0.15) is 19.0 Å². The van der Waals surface area contributed by atoms with Gasteiger partial charge in [-0.2, -0.15) is 0 Å². The normalized spacial score (nSPS) is 10.8. The van der Waals surface area contributed by atoms with E-state index in [0.717, 1.165) is 3.57 Å². The largest absolute Gasteiger partial charge is 0.493 e. The molecule has 3 aromatic carbocycles. The van der Waals surface area contributed by atoms with Crippen LogP contribution in [0.25, 0.3) is 0 Å². The number of oxime groups is 1. The Balaban J connectivity index is 1.65. The Morgan fingerprint density at radius 2 is 1.94 bits per heavy atom. The van der Waals surface area contributed by atoms with Crippen LogP contribution in [0.15, 0.2) is 65.8 Å². The third-order valence-electron chi connectivity index (χ3n) is 4.21. The van der Waals surface area contributed by atoms with Crippen LogP contribution in [0.4, 0.5) is 10.1 Å². The summed E-state index contributed by atoms with van der Waals surface area (Å²) in [6.07, 6.45) is 1.50. The number of benzene rings is 3. The summed E-state index contributed by atoms with van der Waals surface area (Å²) in [5.74, 6) is 0.644. The van der Waals surface area contributed by atoms with Crippen LogP contribution < -0.4 is 9.47 Å². The smallest absolute Gasteiger partial charge is 0.269 e. The molecular weight excluding hydrogens is 518 g/mol. The topological polar surface area (TPSA) is 83.2 Å². The molecule has 0 saturated carbocycles. The van der Waals surface area contributed by atoms with E-state index in [1.807, 2.05) is 6.07 Å². The Morgan fingerprint density at radius 3 is 2.68 bits per heavy atom. The van der Waals surface area contributed by atoms with Gasteiger partial charge in [0.15, 0.2) is 11.5 Å². The summed E-state index contributed by atoms with van der Waals surface area (Å²) in [6.45, 7) is 0.162. The molecule has 0 aromatic heterocycles. The van der Waals surface area contributed by atoms with Crippen LogP contribution in [0, 0.1) is 19.5 Å². The summed E-state index contributed by atoms with van der Waals surface area (Å²) < 4.78 is 25.8. The minimum Gasteiger partial charge on any atom is -0.493 e. The van der Waals surface area contributed by atoms with Gasteiger partial charge < -0.3 is 14.3 Å². The molecule has 0 aliphatic heterocycles. The van der Waals surface area contributed by atoms with E-state index >= 15 is 0 Å². The van der Waals surface area contributed by atoms with Crippen LogP contribution in [0.3, 0.4) is 0 Å². The highest BCUT2D eigenvalue weighted by molar-refractivity contribution is 14.1. The lowest BCUT2D eigenvalue weighted by molar-refractivity contribution is -0.384. The van der Waals surface area contributed by atoms with Gasteiger partial charge in [-0.25, -0.2) is 4.39 Å². The van der Waals surface area contributed by atoms with Crippen LogP contribution in [0.2, 0.25) is 0 Å². The third kappa shape index (κ3) is 6.14. The molecule has 0 fully saturated rings. The molecule has 0 heterocycles. The van der Waals surface area contributed by atoms with Crippen molar-refractivity contribution in [3.05, 3.63) is 96.9 Å². The minimum absolute atomic E-state index is 0.00431. The summed E-state index contributed by atoms with van der Waals surface area (Å²) in [6, 6.07) is 16.1. The molecular formula is C22H18FIN2O5. The fraction of sp³-hybridized carbons (Fsp3) is 0.136. The second kappa shape index (κ2) is 10.7. The molecule has 0 amide bonds. The number of rotatable bonds is 9. The Kier molecular flexibility index (Phi) is 7.76. The summed E-state index contributed by atoms with van der Waals surface area (Å²) in [5, 5.41) is 14.7. The molecule has 31 heavy (non-hydrogen) atoms. The predicted molar refractivity (Wildman–Crippen MR) is 122 cm³/mol. The number of methoxy groups -OCH3 is 1. The number of ether oxygens (including phenoxy) is 2. The first-order chi connectivity index (χ1) is 15.0. The molecule has 0 spiro atoms. The van der Waals surface area contributed by atoms with E-state index in [4.69, 9.17) is 14.3 Å². The van der Waals surface area contributed by atoms with Crippen molar-refractivity contribution >= 4 is 34.5 Å². The van der Waals surface area contributed by atoms with Crippen molar-refractivity contribution in [3.8, 4) is 11.5 Å². The number of nitro benzene ring substituents is 1. The number of non-ortho nitro benzene ring substituents is 1. The van der Waals surface area contributed by atoms with Crippen molar-refractivity contribution in [1.82, 2.24) is 0 Å². The standard InChI is InChI=1S/C22H18FIN2O5/c1-29-21-11-16(12-25-31-13-15-5-4-7-18(9-15)26(27)28)10-20(24)22(21)30-14-17-6-2-3-8-19(17)23/h2-12H,13-14H2,1H3/b25-12-. The van der Waals surface area contributed by atoms with Crippen molar-refractivity contribution in [1.29, 1.82) is 0 Å². The molecule has 0 N–H and O–H groups in total. The van der Waals surface area contributed by atoms with E-state index in [9.17, 15) is 14.5 Å². The molecule has 3 rings (SSSR count). The summed E-state index contributed by atoms with van der Waals surface area (Å²) in [7, 11) is 1.51. The zero-order chi connectivity index (χ0) is 22.2. The molecule has 0 radical (unpaired) electrons. The maximum atomic E-state index is 13.8. The molecule has 160 valence electrons. The van der Waals surface area contributed by atoms with Gasteiger partial charge in [-0.05, 0) is 46.4 Å². The lowest BCUT2D eigenvalue weighted by Gasteiger charge is -2.14. The Bertz CT molecular complexity index is 1110. The van der Waals surface area contributed by atoms with E-state index in [2.05, 4.69) is 27.7 Å². The lowest BCUT2D eigenvalue weighted by atomic mass is 10.2. The molecule has 7 nitrogen and oxygen atoms in total. The van der Waals surface area contributed by atoms with Gasteiger partial charge in [0, 0.05) is 23.3 Å². The first-order valence-electron chi connectivity index (χ1n) is 9.10. The zero-order valence-corrected chi connectivity index (χ0v) is 18.6. The molecule has 0 aliphatic rings. The Morgan fingerprint density at radius 1 is 1.13 bits per heavy atom. The second-order valence-electron chi connectivity index (χ2n) is 6.35. The van der Waals surface area contributed by atoms with Crippen molar-refractivity contribution in [2.45, 2.75) is 13.2 Å². The second-order valence-corrected chi connectivity index (χ2v) is 7.51. The quantitative estimate of drug-likeness (QED) is 0.157. The van der Waals surface area contributed by atoms with E-state index in [1.165, 1.54) is 31.5 Å². The van der Waals surface area contributed by atoms with Crippen molar-refractivity contribution < 1.29 is 23.6 Å². The van der Waals surface area contributed by atoms with Gasteiger partial charge in [0.05, 0.1) is 21.8 Å². The Labute approximate surface area is 191 Å². The first kappa shape index (κ1) is 22.5. The average molecular weight is 536 g/mol. The van der Waals surface area contributed by atoms with Crippen LogP contribution >= 0.6 is 22.6 Å². The average Bonchev–Trinajstić information content (AvgIpc) is 2.77. The van der Waals surface area contributed by atoms with Gasteiger partial charge >= 0.3 is 0 Å². The van der Waals surface area contributed by atoms with Gasteiger partial charge in [-0.15, -0.1) is 0 Å². The van der Waals surface area contributed by atoms with Gasteiger partial charge in [0.25, 0.3) is 5.69 Å². The van der Waals surface area contributed by atoms with Crippen molar-refractivity contribution in [2.24, 2.45) is 5.16 Å². The van der Waals surface area contributed by atoms with E-state index in [0.29, 0.717) is 28.2 Å². The highest BCUT2D eigenvalue weighted by atomic mass is 127. The molecule has 9 heteroatoms.